The average Bonchev–Trinajstić information content (AvgIpc) is 2.76. The second-order valence-corrected chi connectivity index (χ2v) is 9.55. The van der Waals surface area contributed by atoms with Gasteiger partial charge in [-0.1, -0.05) is 31.5 Å². The third kappa shape index (κ3) is 5.82. The normalized spacial score (nSPS) is 12.5. The van der Waals surface area contributed by atoms with Crippen LogP contribution in [-0.4, -0.2) is 37.5 Å². The molecule has 1 aromatic heterocycles. The number of alkyl halides is 3. The zero-order chi connectivity index (χ0) is 24.2. The predicted octanol–water partition coefficient (Wildman–Crippen LogP) is 4.19. The molecule has 0 unspecified atom stereocenters. The molecule has 0 saturated heterocycles. The van der Waals surface area contributed by atoms with Gasteiger partial charge in [-0.3, -0.25) is 0 Å². The molecule has 0 saturated carbocycles. The first kappa shape index (κ1) is 24.9. The van der Waals surface area contributed by atoms with E-state index >= 15 is 0 Å². The van der Waals surface area contributed by atoms with Crippen molar-refractivity contribution >= 4 is 21.0 Å². The van der Waals surface area contributed by atoms with Gasteiger partial charge in [-0.05, 0) is 48.2 Å². The maximum Gasteiger partial charge on any atom is 0.417 e. The van der Waals surface area contributed by atoms with Gasteiger partial charge in [-0.2, -0.15) is 17.5 Å². The van der Waals surface area contributed by atoms with Crippen molar-refractivity contribution in [2.24, 2.45) is 0 Å². The van der Waals surface area contributed by atoms with E-state index in [1.165, 1.54) is 28.6 Å². The summed E-state index contributed by atoms with van der Waals surface area (Å²) in [4.78, 5) is 11.5. The molecular weight excluding hydrogens is 459 g/mol. The van der Waals surface area contributed by atoms with Crippen LogP contribution in [0.4, 0.5) is 13.2 Å². The van der Waals surface area contributed by atoms with Crippen molar-refractivity contribution < 1.29 is 31.1 Å². The molecule has 0 spiro atoms. The van der Waals surface area contributed by atoms with Crippen molar-refractivity contribution in [2.45, 2.75) is 37.3 Å². The predicted molar refractivity (Wildman–Crippen MR) is 117 cm³/mol. The molecule has 3 rings (SSSR count). The highest BCUT2D eigenvalue weighted by atomic mass is 32.2. The Morgan fingerprint density at radius 2 is 1.67 bits per heavy atom. The zero-order valence-electron chi connectivity index (χ0n) is 17.9. The Morgan fingerprint density at radius 1 is 1.00 bits per heavy atom. The van der Waals surface area contributed by atoms with E-state index in [0.717, 1.165) is 6.42 Å². The van der Waals surface area contributed by atoms with E-state index in [9.17, 15) is 31.5 Å². The molecule has 3 aromatic rings. The average molecular weight is 484 g/mol. The molecular formula is C23H24F3NO5S. The topological polar surface area (TPSA) is 87.8 Å². The van der Waals surface area contributed by atoms with Gasteiger partial charge in [0.1, 0.15) is 5.58 Å². The molecule has 33 heavy (non-hydrogen) atoms. The highest BCUT2D eigenvalue weighted by Crippen LogP contribution is 2.34. The number of aliphatic hydroxyl groups excluding tert-OH is 1. The minimum Gasteiger partial charge on any atom is -0.423 e. The second kappa shape index (κ2) is 10.1. The number of halogens is 3. The van der Waals surface area contributed by atoms with Gasteiger partial charge in [-0.15, -0.1) is 0 Å². The van der Waals surface area contributed by atoms with E-state index in [1.54, 1.807) is 18.2 Å². The lowest BCUT2D eigenvalue weighted by Crippen LogP contribution is -2.34. The summed E-state index contributed by atoms with van der Waals surface area (Å²) in [7, 11) is -3.77. The quantitative estimate of drug-likeness (QED) is 0.461. The summed E-state index contributed by atoms with van der Waals surface area (Å²) in [5, 5.41) is 9.00. The van der Waals surface area contributed by atoms with Crippen LogP contribution >= 0.6 is 0 Å². The Kier molecular flexibility index (Phi) is 7.61. The van der Waals surface area contributed by atoms with E-state index < -0.39 is 27.4 Å². The van der Waals surface area contributed by atoms with Crippen LogP contribution in [0.2, 0.25) is 0 Å². The van der Waals surface area contributed by atoms with Gasteiger partial charge in [0.25, 0.3) is 0 Å². The van der Waals surface area contributed by atoms with Crippen molar-refractivity contribution in [2.75, 3.05) is 19.7 Å². The lowest BCUT2D eigenvalue weighted by Gasteiger charge is -2.21. The van der Waals surface area contributed by atoms with E-state index in [-0.39, 0.29) is 35.4 Å². The fourth-order valence-electron chi connectivity index (χ4n) is 3.52. The van der Waals surface area contributed by atoms with E-state index in [4.69, 9.17) is 4.42 Å². The molecule has 2 aromatic carbocycles. The Labute approximate surface area is 189 Å². The number of benzene rings is 2. The third-order valence-corrected chi connectivity index (χ3v) is 7.10. The van der Waals surface area contributed by atoms with E-state index in [1.807, 2.05) is 6.92 Å². The highest BCUT2D eigenvalue weighted by molar-refractivity contribution is 7.89. The number of aliphatic hydroxyl groups is 1. The maximum absolute atomic E-state index is 13.4. The fraction of sp³-hybridized carbons (Fsp3) is 0.348. The summed E-state index contributed by atoms with van der Waals surface area (Å²) >= 11 is 0. The lowest BCUT2D eigenvalue weighted by atomic mass is 10.0. The third-order valence-electron chi connectivity index (χ3n) is 5.19. The van der Waals surface area contributed by atoms with Crippen molar-refractivity contribution in [3.63, 3.8) is 0 Å². The summed E-state index contributed by atoms with van der Waals surface area (Å²) < 4.78 is 71.9. The molecule has 0 atom stereocenters. The van der Waals surface area contributed by atoms with Crippen molar-refractivity contribution in [3.8, 4) is 0 Å². The van der Waals surface area contributed by atoms with Crippen LogP contribution in [-0.2, 0) is 22.6 Å². The fourth-order valence-corrected chi connectivity index (χ4v) is 4.99. The first-order valence-corrected chi connectivity index (χ1v) is 11.8. The van der Waals surface area contributed by atoms with E-state index in [2.05, 4.69) is 0 Å². The minimum atomic E-state index is -4.71. The Bertz CT molecular complexity index is 1270. The first-order chi connectivity index (χ1) is 15.6. The van der Waals surface area contributed by atoms with Gasteiger partial charge in [0, 0.05) is 24.5 Å². The number of fused-ring (bicyclic) bond motifs is 1. The number of sulfonamides is 1. The maximum atomic E-state index is 13.4. The Morgan fingerprint density at radius 3 is 2.27 bits per heavy atom. The van der Waals surface area contributed by atoms with Crippen LogP contribution in [0, 0.1) is 0 Å². The summed E-state index contributed by atoms with van der Waals surface area (Å²) in [5.74, 6) is 0. The van der Waals surface area contributed by atoms with Crippen molar-refractivity contribution in [1.29, 1.82) is 0 Å². The molecule has 1 N–H and O–H groups in total. The molecule has 0 bridgehead atoms. The van der Waals surface area contributed by atoms with Crippen LogP contribution in [0.5, 0.6) is 0 Å². The van der Waals surface area contributed by atoms with Gasteiger partial charge in [0.05, 0.1) is 17.1 Å². The smallest absolute Gasteiger partial charge is 0.417 e. The monoisotopic (exact) mass is 483 g/mol. The van der Waals surface area contributed by atoms with Crippen LogP contribution in [0.3, 0.4) is 0 Å². The van der Waals surface area contributed by atoms with Crippen LogP contribution < -0.4 is 5.63 Å². The number of hydrogen-bond acceptors (Lipinski definition) is 5. The SMILES string of the molecule is CCCCN(CCO)S(=O)(=O)c1ccc(Cc2ccc3oc(=O)cc(C(F)(F)F)c3c2)cc1. The van der Waals surface area contributed by atoms with Crippen molar-refractivity contribution in [3.05, 3.63) is 75.6 Å². The van der Waals surface area contributed by atoms with Crippen LogP contribution in [0.15, 0.2) is 62.6 Å². The number of hydrogen-bond donors (Lipinski definition) is 1. The van der Waals surface area contributed by atoms with E-state index in [0.29, 0.717) is 30.2 Å². The zero-order valence-corrected chi connectivity index (χ0v) is 18.7. The van der Waals surface area contributed by atoms with Gasteiger partial charge in [0.2, 0.25) is 10.0 Å². The van der Waals surface area contributed by atoms with Gasteiger partial charge >= 0.3 is 11.8 Å². The summed E-state index contributed by atoms with van der Waals surface area (Å²) in [5.41, 5.74) is -1.05. The lowest BCUT2D eigenvalue weighted by molar-refractivity contribution is -0.136. The molecule has 0 aliphatic rings. The van der Waals surface area contributed by atoms with Crippen LogP contribution in [0.1, 0.15) is 36.5 Å². The van der Waals surface area contributed by atoms with Gasteiger partial charge in [-0.25, -0.2) is 13.2 Å². The number of unbranched alkanes of at least 4 members (excludes halogenated alkanes) is 1. The number of rotatable bonds is 9. The molecule has 0 amide bonds. The standard InChI is InChI=1S/C23H24F3NO5S/c1-2-3-10-27(11-12-28)33(30,31)18-7-4-16(5-8-18)13-17-6-9-21-19(14-17)20(23(24,25)26)15-22(29)32-21/h4-9,14-15,28H,2-3,10-13H2,1H3. The molecule has 1 heterocycles. The summed E-state index contributed by atoms with van der Waals surface area (Å²) in [6.45, 7) is 1.95. The van der Waals surface area contributed by atoms with Crippen LogP contribution in [0.25, 0.3) is 11.0 Å². The molecule has 10 heteroatoms. The summed E-state index contributed by atoms with van der Waals surface area (Å²) in [6.07, 6.45) is -2.98. The van der Waals surface area contributed by atoms with Gasteiger partial charge in [0.15, 0.2) is 0 Å². The van der Waals surface area contributed by atoms with Crippen molar-refractivity contribution in [1.82, 2.24) is 4.31 Å². The molecule has 0 aliphatic carbocycles. The Hall–Kier alpha value is -2.69. The first-order valence-electron chi connectivity index (χ1n) is 10.4. The summed E-state index contributed by atoms with van der Waals surface area (Å²) in [6, 6.07) is 10.7. The highest BCUT2D eigenvalue weighted by Gasteiger charge is 2.34. The molecule has 6 nitrogen and oxygen atoms in total. The molecule has 0 radical (unpaired) electrons. The largest absolute Gasteiger partial charge is 0.423 e. The Balaban J connectivity index is 1.88. The molecule has 178 valence electrons. The second-order valence-electron chi connectivity index (χ2n) is 7.61. The van der Waals surface area contributed by atoms with Gasteiger partial charge < -0.3 is 9.52 Å². The molecule has 0 fully saturated rings. The minimum absolute atomic E-state index is 0.00115. The molecule has 0 aliphatic heterocycles. The number of nitrogens with zero attached hydrogens (tertiary/aromatic N) is 1.